The van der Waals surface area contributed by atoms with Crippen LogP contribution in [0.2, 0.25) is 5.02 Å². The fourth-order valence-electron chi connectivity index (χ4n) is 5.03. The van der Waals surface area contributed by atoms with Crippen LogP contribution in [0, 0.1) is 12.4 Å². The number of carbonyl (C=O) groups excluding carboxylic acids is 3. The van der Waals surface area contributed by atoms with E-state index >= 15 is 0 Å². The Balaban J connectivity index is 1.61. The Kier molecular flexibility index (Phi) is 8.08. The molecule has 1 saturated carbocycles. The lowest BCUT2D eigenvalue weighted by molar-refractivity contribution is -0.132. The highest BCUT2D eigenvalue weighted by Crippen LogP contribution is 2.43. The zero-order chi connectivity index (χ0) is 30.2. The van der Waals surface area contributed by atoms with Crippen LogP contribution in [0.25, 0.3) is 4.85 Å². The molecule has 1 aromatic carbocycles. The number of halogens is 5. The molecule has 0 radical (unpaired) electrons. The van der Waals surface area contributed by atoms with Crippen LogP contribution in [0.15, 0.2) is 61.1 Å². The average Bonchev–Trinajstić information content (AvgIpc) is 3.36. The van der Waals surface area contributed by atoms with E-state index in [9.17, 15) is 27.6 Å². The minimum atomic E-state index is -3.20. The number of hydrogen-bond donors (Lipinski definition) is 1. The molecule has 2 aliphatic rings. The van der Waals surface area contributed by atoms with Crippen molar-refractivity contribution in [2.24, 2.45) is 0 Å². The molecule has 2 aromatic heterocycles. The van der Waals surface area contributed by atoms with Gasteiger partial charge in [0.05, 0.1) is 30.7 Å². The fourth-order valence-corrected chi connectivity index (χ4v) is 5.51. The first-order chi connectivity index (χ1) is 20.0. The molecule has 5 rings (SSSR count). The van der Waals surface area contributed by atoms with Crippen molar-refractivity contribution in [2.45, 2.75) is 48.7 Å². The molecular weight excluding hydrogens is 596 g/mol. The summed E-state index contributed by atoms with van der Waals surface area (Å²) in [7, 11) is 0. The summed E-state index contributed by atoms with van der Waals surface area (Å²) in [5.74, 6) is -6.16. The molecule has 0 spiro atoms. The molecule has 14 heteroatoms. The molecule has 1 aliphatic heterocycles. The van der Waals surface area contributed by atoms with Gasteiger partial charge in [0, 0.05) is 35.7 Å². The van der Waals surface area contributed by atoms with E-state index < -0.39 is 59.4 Å². The van der Waals surface area contributed by atoms with Gasteiger partial charge in [-0.1, -0.05) is 29.8 Å². The summed E-state index contributed by atoms with van der Waals surface area (Å²) in [6.07, 6.45) is 2.61. The third-order valence-corrected chi connectivity index (χ3v) is 8.06. The SMILES string of the molecule is [C-]#[N+]c1ccnc(N2C(=O)CC[C@H]2C(=O)N(c2cncc(F)c2)[C@H](C(=O)NC2CC(F)(F)C2Cl)c2ccccc2Cl)c1. The van der Waals surface area contributed by atoms with Gasteiger partial charge in [-0.05, 0) is 24.6 Å². The van der Waals surface area contributed by atoms with Crippen molar-refractivity contribution in [2.75, 3.05) is 9.80 Å². The van der Waals surface area contributed by atoms with Crippen LogP contribution in [0.5, 0.6) is 0 Å². The van der Waals surface area contributed by atoms with Gasteiger partial charge in [-0.2, -0.15) is 0 Å². The lowest BCUT2D eigenvalue weighted by atomic mass is 9.87. The lowest BCUT2D eigenvalue weighted by Gasteiger charge is -2.42. The monoisotopic (exact) mass is 616 g/mol. The van der Waals surface area contributed by atoms with Crippen LogP contribution >= 0.6 is 23.2 Å². The Labute approximate surface area is 248 Å². The molecule has 2 unspecified atom stereocenters. The Morgan fingerprint density at radius 1 is 1.21 bits per heavy atom. The molecule has 3 amide bonds. The Hall–Kier alpha value is -4.21. The van der Waals surface area contributed by atoms with Crippen LogP contribution in [0.1, 0.15) is 30.9 Å². The third-order valence-electron chi connectivity index (χ3n) is 7.09. The Bertz CT molecular complexity index is 1600. The van der Waals surface area contributed by atoms with Crippen molar-refractivity contribution in [3.05, 3.63) is 88.9 Å². The van der Waals surface area contributed by atoms with Gasteiger partial charge in [0.1, 0.15) is 29.1 Å². The van der Waals surface area contributed by atoms with Gasteiger partial charge in [-0.3, -0.25) is 29.2 Å². The maximum absolute atomic E-state index is 14.5. The second kappa shape index (κ2) is 11.6. The summed E-state index contributed by atoms with van der Waals surface area (Å²) < 4.78 is 42.2. The summed E-state index contributed by atoms with van der Waals surface area (Å²) in [6, 6.07) is 5.89. The topological polar surface area (TPSA) is 99.9 Å². The highest BCUT2D eigenvalue weighted by atomic mass is 35.5. The molecule has 1 saturated heterocycles. The Morgan fingerprint density at radius 2 is 1.98 bits per heavy atom. The number of rotatable bonds is 7. The first-order valence-electron chi connectivity index (χ1n) is 12.7. The van der Waals surface area contributed by atoms with Crippen LogP contribution < -0.4 is 15.1 Å². The van der Waals surface area contributed by atoms with Crippen LogP contribution in [0.3, 0.4) is 0 Å². The highest BCUT2D eigenvalue weighted by molar-refractivity contribution is 6.32. The first kappa shape index (κ1) is 29.3. The summed E-state index contributed by atoms with van der Waals surface area (Å²) >= 11 is 12.3. The summed E-state index contributed by atoms with van der Waals surface area (Å²) in [6.45, 7) is 7.29. The molecule has 1 aliphatic carbocycles. The zero-order valence-electron chi connectivity index (χ0n) is 21.6. The maximum Gasteiger partial charge on any atom is 0.268 e. The van der Waals surface area contributed by atoms with E-state index in [2.05, 4.69) is 20.1 Å². The van der Waals surface area contributed by atoms with Crippen molar-refractivity contribution in [1.29, 1.82) is 0 Å². The number of anilines is 2. The van der Waals surface area contributed by atoms with Gasteiger partial charge >= 0.3 is 0 Å². The van der Waals surface area contributed by atoms with Crippen molar-refractivity contribution < 1.29 is 27.6 Å². The fraction of sp³-hybridized carbons (Fsp3) is 0.286. The molecule has 9 nitrogen and oxygen atoms in total. The summed E-state index contributed by atoms with van der Waals surface area (Å²) in [4.78, 5) is 54.7. The minimum Gasteiger partial charge on any atom is -0.349 e. The largest absolute Gasteiger partial charge is 0.349 e. The molecule has 42 heavy (non-hydrogen) atoms. The third kappa shape index (κ3) is 5.49. The number of amides is 3. The molecule has 1 N–H and O–H groups in total. The van der Waals surface area contributed by atoms with Crippen molar-refractivity contribution in [3.63, 3.8) is 0 Å². The number of nitrogens with one attached hydrogen (secondary N) is 1. The summed E-state index contributed by atoms with van der Waals surface area (Å²) in [5.41, 5.74) is 0.137. The molecule has 0 bridgehead atoms. The molecule has 4 atom stereocenters. The second-order valence-corrected chi connectivity index (χ2v) is 10.7. The van der Waals surface area contributed by atoms with Crippen LogP contribution in [-0.4, -0.2) is 51.1 Å². The molecule has 216 valence electrons. The number of nitrogens with zero attached hydrogens (tertiary/aromatic N) is 5. The van der Waals surface area contributed by atoms with Gasteiger partial charge in [0.15, 0.2) is 5.69 Å². The number of benzene rings is 1. The van der Waals surface area contributed by atoms with E-state index in [-0.39, 0.29) is 40.6 Å². The van der Waals surface area contributed by atoms with Gasteiger partial charge in [-0.15, -0.1) is 11.6 Å². The van der Waals surface area contributed by atoms with Crippen molar-refractivity contribution in [3.8, 4) is 0 Å². The van der Waals surface area contributed by atoms with E-state index in [0.717, 1.165) is 28.3 Å². The minimum absolute atomic E-state index is 0.0102. The van der Waals surface area contributed by atoms with Gasteiger partial charge in [0.2, 0.25) is 11.8 Å². The zero-order valence-corrected chi connectivity index (χ0v) is 23.1. The van der Waals surface area contributed by atoms with Crippen molar-refractivity contribution >= 4 is 58.1 Å². The van der Waals surface area contributed by atoms with E-state index in [0.29, 0.717) is 0 Å². The lowest BCUT2D eigenvalue weighted by Crippen LogP contribution is -2.62. The number of aromatic nitrogens is 2. The summed E-state index contributed by atoms with van der Waals surface area (Å²) in [5, 5.41) is 0.860. The smallest absolute Gasteiger partial charge is 0.268 e. The quantitative estimate of drug-likeness (QED) is 0.290. The molecule has 3 heterocycles. The molecule has 3 aromatic rings. The molecular formula is C28H21Cl2F3N6O3. The number of pyridine rings is 2. The van der Waals surface area contributed by atoms with Crippen LogP contribution in [-0.2, 0) is 14.4 Å². The highest BCUT2D eigenvalue weighted by Gasteiger charge is 2.56. The van der Waals surface area contributed by atoms with Crippen LogP contribution in [0.4, 0.5) is 30.4 Å². The predicted molar refractivity (Wildman–Crippen MR) is 148 cm³/mol. The standard InChI is InChI=1S/C28H21Cl2F3N6O3/c1-34-16-8-9-36-22(11-16)39-21(6-7-23(39)40)27(42)38(17-10-15(31)13-35-14-17)24(18-4-2-3-5-19(18)29)26(41)37-20-12-28(32,33)25(20)30/h2-5,8-11,13-14,20-21,24-25H,6-7,12H2,(H,37,41)/t20?,21-,24-,25?/m0/s1. The maximum atomic E-state index is 14.5. The number of carbonyl (C=O) groups is 3. The van der Waals surface area contributed by atoms with E-state index in [1.54, 1.807) is 12.1 Å². The van der Waals surface area contributed by atoms with Gasteiger partial charge in [0.25, 0.3) is 11.8 Å². The Morgan fingerprint density at radius 3 is 2.64 bits per heavy atom. The molecule has 2 fully saturated rings. The van der Waals surface area contributed by atoms with E-state index in [1.165, 1.54) is 30.5 Å². The average molecular weight is 617 g/mol. The van der Waals surface area contributed by atoms with E-state index in [4.69, 9.17) is 29.8 Å². The van der Waals surface area contributed by atoms with Gasteiger partial charge in [-0.25, -0.2) is 23.0 Å². The normalized spacial score (nSPS) is 21.7. The van der Waals surface area contributed by atoms with E-state index in [1.807, 2.05) is 0 Å². The van der Waals surface area contributed by atoms with Crippen molar-refractivity contribution in [1.82, 2.24) is 15.3 Å². The predicted octanol–water partition coefficient (Wildman–Crippen LogP) is 5.22. The van der Waals surface area contributed by atoms with Gasteiger partial charge < -0.3 is 5.32 Å². The first-order valence-corrected chi connectivity index (χ1v) is 13.5. The number of alkyl halides is 3. The second-order valence-electron chi connectivity index (χ2n) is 9.78. The number of hydrogen-bond acceptors (Lipinski definition) is 5.